The first-order chi connectivity index (χ1) is 6.70. The molecule has 0 unspecified atom stereocenters. The van der Waals surface area contributed by atoms with Gasteiger partial charge in [0.2, 0.25) is 0 Å². The van der Waals surface area contributed by atoms with E-state index in [0.717, 1.165) is 0 Å². The van der Waals surface area contributed by atoms with Gasteiger partial charge < -0.3 is 14.8 Å². The van der Waals surface area contributed by atoms with Gasteiger partial charge in [-0.25, -0.2) is 0 Å². The molecule has 0 aromatic rings. The standard InChI is InChI=1S/C10H20BNO3/c1-9(2,13)10(3,4)15-11(14)7-5-6-8-12/h13-14H,5-7H2,1-4H3. The first kappa shape index (κ1) is 14.4. The van der Waals surface area contributed by atoms with Gasteiger partial charge in [0.25, 0.3) is 0 Å². The molecule has 0 fully saturated rings. The van der Waals surface area contributed by atoms with Crippen LogP contribution in [0.25, 0.3) is 0 Å². The van der Waals surface area contributed by atoms with Gasteiger partial charge >= 0.3 is 7.12 Å². The van der Waals surface area contributed by atoms with E-state index in [-0.39, 0.29) is 0 Å². The Kier molecular flexibility index (Phi) is 5.29. The molecule has 5 heteroatoms. The van der Waals surface area contributed by atoms with E-state index in [1.54, 1.807) is 27.7 Å². The molecule has 0 saturated carbocycles. The van der Waals surface area contributed by atoms with Crippen LogP contribution in [0.3, 0.4) is 0 Å². The smallest absolute Gasteiger partial charge is 0.427 e. The van der Waals surface area contributed by atoms with Crippen LogP contribution in [0.1, 0.15) is 40.5 Å². The van der Waals surface area contributed by atoms with Gasteiger partial charge in [0.1, 0.15) is 0 Å². The number of nitriles is 1. The molecule has 0 rings (SSSR count). The average Bonchev–Trinajstić information content (AvgIpc) is 2.01. The van der Waals surface area contributed by atoms with Crippen molar-refractivity contribution in [3.63, 3.8) is 0 Å². The van der Waals surface area contributed by atoms with Gasteiger partial charge in [-0.3, -0.25) is 0 Å². The minimum absolute atomic E-state index is 0.406. The predicted molar refractivity (Wildman–Crippen MR) is 59.1 cm³/mol. The van der Waals surface area contributed by atoms with Crippen LogP contribution in [0.4, 0.5) is 0 Å². The summed E-state index contributed by atoms with van der Waals surface area (Å²) < 4.78 is 5.34. The van der Waals surface area contributed by atoms with Crippen LogP contribution in [0, 0.1) is 11.3 Å². The number of nitrogens with zero attached hydrogens (tertiary/aromatic N) is 1. The predicted octanol–water partition coefficient (Wildman–Crippen LogP) is 1.34. The number of unbranched alkanes of at least 4 members (excludes halogenated alkanes) is 1. The van der Waals surface area contributed by atoms with Gasteiger partial charge in [-0.05, 0) is 40.4 Å². The van der Waals surface area contributed by atoms with Crippen LogP contribution in [0.5, 0.6) is 0 Å². The molecule has 0 aliphatic heterocycles. The van der Waals surface area contributed by atoms with Crippen molar-refractivity contribution in [3.05, 3.63) is 0 Å². The topological polar surface area (TPSA) is 73.5 Å². The third-order valence-electron chi connectivity index (χ3n) is 2.64. The molecule has 0 aliphatic carbocycles. The highest BCUT2D eigenvalue weighted by atomic mass is 16.5. The van der Waals surface area contributed by atoms with E-state index in [4.69, 9.17) is 9.92 Å². The fourth-order valence-electron chi connectivity index (χ4n) is 0.899. The zero-order chi connectivity index (χ0) is 12.1. The highest BCUT2D eigenvalue weighted by Gasteiger charge is 2.38. The van der Waals surface area contributed by atoms with E-state index in [1.165, 1.54) is 0 Å². The second kappa shape index (κ2) is 5.50. The van der Waals surface area contributed by atoms with E-state index < -0.39 is 18.3 Å². The fraction of sp³-hybridized carbons (Fsp3) is 0.900. The summed E-state index contributed by atoms with van der Waals surface area (Å²) in [7, 11) is -0.931. The van der Waals surface area contributed by atoms with E-state index in [9.17, 15) is 10.1 Å². The highest BCUT2D eigenvalue weighted by Crippen LogP contribution is 2.26. The molecule has 86 valence electrons. The van der Waals surface area contributed by atoms with Crippen LogP contribution >= 0.6 is 0 Å². The second-order valence-corrected chi connectivity index (χ2v) is 4.69. The molecule has 0 saturated heterocycles. The van der Waals surface area contributed by atoms with Crippen molar-refractivity contribution in [3.8, 4) is 6.07 Å². The number of hydrogen-bond donors (Lipinski definition) is 2. The molecule has 4 nitrogen and oxygen atoms in total. The van der Waals surface area contributed by atoms with Crippen molar-refractivity contribution < 1.29 is 14.8 Å². The quantitative estimate of drug-likeness (QED) is 0.515. The second-order valence-electron chi connectivity index (χ2n) is 4.69. The first-order valence-electron chi connectivity index (χ1n) is 5.16. The molecular formula is C10H20BNO3. The largest absolute Gasteiger partial charge is 0.454 e. The summed E-state index contributed by atoms with van der Waals surface area (Å²) in [5.74, 6) is 0. The maximum absolute atomic E-state index is 9.78. The first-order valence-corrected chi connectivity index (χ1v) is 5.16. The van der Waals surface area contributed by atoms with E-state index >= 15 is 0 Å². The summed E-state index contributed by atoms with van der Waals surface area (Å²) in [4.78, 5) is 0. The molecule has 0 amide bonds. The SMILES string of the molecule is CC(C)(O)C(C)(C)OB(O)CCCC#N. The third kappa shape index (κ3) is 5.17. The molecule has 0 atom stereocenters. The summed E-state index contributed by atoms with van der Waals surface area (Å²) in [5, 5.41) is 27.6. The van der Waals surface area contributed by atoms with E-state index in [2.05, 4.69) is 0 Å². The summed E-state index contributed by atoms with van der Waals surface area (Å²) in [6, 6.07) is 2.00. The summed E-state index contributed by atoms with van der Waals surface area (Å²) >= 11 is 0. The number of hydrogen-bond acceptors (Lipinski definition) is 4. The Morgan fingerprint density at radius 2 is 1.87 bits per heavy atom. The van der Waals surface area contributed by atoms with E-state index in [0.29, 0.717) is 19.2 Å². The minimum Gasteiger partial charge on any atom is -0.427 e. The molecule has 0 bridgehead atoms. The average molecular weight is 213 g/mol. The van der Waals surface area contributed by atoms with Crippen molar-refractivity contribution in [1.82, 2.24) is 0 Å². The Hall–Kier alpha value is -0.565. The molecule has 0 aliphatic rings. The molecule has 0 aromatic carbocycles. The Morgan fingerprint density at radius 1 is 1.33 bits per heavy atom. The normalized spacial score (nSPS) is 12.3. The molecule has 0 heterocycles. The van der Waals surface area contributed by atoms with Crippen molar-refractivity contribution in [1.29, 1.82) is 5.26 Å². The lowest BCUT2D eigenvalue weighted by Crippen LogP contribution is -2.50. The summed E-state index contributed by atoms with van der Waals surface area (Å²) in [6.45, 7) is 6.71. The Labute approximate surface area is 92.0 Å². The number of rotatable bonds is 6. The van der Waals surface area contributed by atoms with Crippen LogP contribution in [0.2, 0.25) is 6.32 Å². The summed E-state index contributed by atoms with van der Waals surface area (Å²) in [5.41, 5.74) is -1.84. The van der Waals surface area contributed by atoms with Gasteiger partial charge in [-0.1, -0.05) is 0 Å². The van der Waals surface area contributed by atoms with E-state index in [1.807, 2.05) is 6.07 Å². The zero-order valence-corrected chi connectivity index (χ0v) is 9.95. The van der Waals surface area contributed by atoms with Crippen molar-refractivity contribution in [2.75, 3.05) is 0 Å². The van der Waals surface area contributed by atoms with Crippen LogP contribution in [0.15, 0.2) is 0 Å². The maximum atomic E-state index is 9.78. The van der Waals surface area contributed by atoms with Gasteiger partial charge in [0.05, 0.1) is 17.3 Å². The third-order valence-corrected chi connectivity index (χ3v) is 2.64. The molecule has 2 N–H and O–H groups in total. The minimum atomic E-state index is -1.02. The Bertz CT molecular complexity index is 230. The van der Waals surface area contributed by atoms with Crippen LogP contribution in [-0.2, 0) is 4.65 Å². The van der Waals surface area contributed by atoms with Gasteiger partial charge in [0.15, 0.2) is 0 Å². The Balaban J connectivity index is 4.06. The zero-order valence-electron chi connectivity index (χ0n) is 9.95. The number of aliphatic hydroxyl groups is 1. The van der Waals surface area contributed by atoms with Crippen molar-refractivity contribution in [2.45, 2.75) is 58.1 Å². The summed E-state index contributed by atoms with van der Waals surface area (Å²) in [6.07, 6.45) is 1.41. The van der Waals surface area contributed by atoms with Crippen molar-refractivity contribution in [2.24, 2.45) is 0 Å². The molecule has 0 radical (unpaired) electrons. The van der Waals surface area contributed by atoms with Crippen LogP contribution < -0.4 is 0 Å². The molecule has 0 spiro atoms. The van der Waals surface area contributed by atoms with Gasteiger partial charge in [0, 0.05) is 6.42 Å². The lowest BCUT2D eigenvalue weighted by Gasteiger charge is -2.38. The lowest BCUT2D eigenvalue weighted by atomic mass is 9.79. The highest BCUT2D eigenvalue weighted by molar-refractivity contribution is 6.42. The molecule has 0 aromatic heterocycles. The maximum Gasteiger partial charge on any atom is 0.454 e. The monoisotopic (exact) mass is 213 g/mol. The Morgan fingerprint density at radius 3 is 2.27 bits per heavy atom. The molecular weight excluding hydrogens is 193 g/mol. The lowest BCUT2D eigenvalue weighted by molar-refractivity contribution is -0.1000. The fourth-order valence-corrected chi connectivity index (χ4v) is 0.899. The van der Waals surface area contributed by atoms with Crippen molar-refractivity contribution >= 4 is 7.12 Å². The van der Waals surface area contributed by atoms with Crippen LogP contribution in [-0.4, -0.2) is 28.5 Å². The molecule has 15 heavy (non-hydrogen) atoms. The van der Waals surface area contributed by atoms with Gasteiger partial charge in [-0.15, -0.1) is 0 Å². The van der Waals surface area contributed by atoms with Gasteiger partial charge in [-0.2, -0.15) is 5.26 Å².